The first-order valence-electron chi connectivity index (χ1n) is 9.86. The molecule has 0 aromatic heterocycles. The molecule has 11 heteroatoms. The third-order valence-corrected chi connectivity index (χ3v) is 5.96. The van der Waals surface area contributed by atoms with Gasteiger partial charge in [0.25, 0.3) is 0 Å². The van der Waals surface area contributed by atoms with E-state index in [4.69, 9.17) is 10.5 Å². The number of amides is 1. The number of rotatable bonds is 6. The number of Topliss-reactive ketones (excluding diaryl/α,β-unsaturated/α-hetero) is 2. The number of aliphatic carboxylic acids is 1. The van der Waals surface area contributed by atoms with Gasteiger partial charge in [0.1, 0.15) is 39.9 Å². The fraction of sp³-hybridized carbons (Fsp3) is 0.364. The summed E-state index contributed by atoms with van der Waals surface area (Å²) in [5.74, 6) is -7.40. The average molecular weight is 458 g/mol. The second-order valence-corrected chi connectivity index (χ2v) is 8.19. The fourth-order valence-corrected chi connectivity index (χ4v) is 4.20. The quantitative estimate of drug-likeness (QED) is 0.270. The predicted octanol–water partition coefficient (Wildman–Crippen LogP) is 0.700. The van der Waals surface area contributed by atoms with E-state index in [2.05, 4.69) is 4.99 Å². The summed E-state index contributed by atoms with van der Waals surface area (Å²) in [7, 11) is 0. The molecule has 1 aliphatic heterocycles. The number of carboxylic acid groups (broad SMARTS) is 1. The minimum atomic E-state index is -1.72. The number of phenolic OH excluding ortho intramolecular Hbond substituents is 2. The number of ether oxygens (including phenoxy) is 1. The summed E-state index contributed by atoms with van der Waals surface area (Å²) in [6.07, 6.45) is 0.387. The molecule has 11 nitrogen and oxygen atoms in total. The van der Waals surface area contributed by atoms with Crippen LogP contribution in [0.3, 0.4) is 0 Å². The average Bonchev–Trinajstić information content (AvgIpc) is 2.98. The summed E-state index contributed by atoms with van der Waals surface area (Å²) in [5, 5.41) is 30.4. The van der Waals surface area contributed by atoms with Crippen LogP contribution in [-0.4, -0.2) is 56.3 Å². The summed E-state index contributed by atoms with van der Waals surface area (Å²) in [4.78, 5) is 65.1. The number of nitrogens with zero attached hydrogens (tertiary/aromatic N) is 1. The Bertz CT molecular complexity index is 1210. The standard InChI is InChI=1S/C22H22N2O9/c1-7-17(28)15(9(3)25)19-16(18(7)29)22(4)12(33-19)6-11(26)14(20(22)30)8(2)24-10(21(31)32)5-13(23)27/h6,10,14,28-29H,5H2,1-4H3,(H2,23,27)(H,31,32)/t10?,14?,22-/m0/s1. The van der Waals surface area contributed by atoms with Crippen LogP contribution in [0, 0.1) is 12.8 Å². The van der Waals surface area contributed by atoms with Crippen LogP contribution >= 0.6 is 0 Å². The molecule has 2 unspecified atom stereocenters. The van der Waals surface area contributed by atoms with E-state index in [0.717, 1.165) is 6.08 Å². The number of fused-ring (bicyclic) bond motifs is 3. The number of aromatic hydroxyl groups is 2. The van der Waals surface area contributed by atoms with Crippen molar-refractivity contribution in [3.63, 3.8) is 0 Å². The van der Waals surface area contributed by atoms with Gasteiger partial charge in [0.15, 0.2) is 23.4 Å². The third-order valence-electron chi connectivity index (χ3n) is 5.96. The van der Waals surface area contributed by atoms with Gasteiger partial charge in [-0.1, -0.05) is 0 Å². The zero-order valence-electron chi connectivity index (χ0n) is 18.3. The maximum Gasteiger partial charge on any atom is 0.328 e. The molecule has 1 amide bonds. The maximum absolute atomic E-state index is 13.6. The number of hydrogen-bond donors (Lipinski definition) is 4. The van der Waals surface area contributed by atoms with E-state index >= 15 is 0 Å². The first-order chi connectivity index (χ1) is 15.2. The summed E-state index contributed by atoms with van der Waals surface area (Å²) in [5.41, 5.74) is 2.79. The highest BCUT2D eigenvalue weighted by Gasteiger charge is 2.57. The lowest BCUT2D eigenvalue weighted by Crippen LogP contribution is -2.47. The molecule has 0 saturated heterocycles. The molecule has 5 N–H and O–H groups in total. The highest BCUT2D eigenvalue weighted by molar-refractivity contribution is 6.29. The lowest BCUT2D eigenvalue weighted by molar-refractivity contribution is -0.140. The van der Waals surface area contributed by atoms with Crippen LogP contribution in [0.15, 0.2) is 16.8 Å². The van der Waals surface area contributed by atoms with E-state index in [0.29, 0.717) is 0 Å². The van der Waals surface area contributed by atoms with E-state index < -0.39 is 64.5 Å². The molecule has 0 radical (unpaired) electrons. The smallest absolute Gasteiger partial charge is 0.328 e. The predicted molar refractivity (Wildman–Crippen MR) is 112 cm³/mol. The number of allylic oxidation sites excluding steroid dienone is 2. The zero-order chi connectivity index (χ0) is 25.0. The molecule has 33 heavy (non-hydrogen) atoms. The van der Waals surface area contributed by atoms with Crippen molar-refractivity contribution in [3.8, 4) is 17.2 Å². The van der Waals surface area contributed by atoms with Crippen molar-refractivity contribution in [1.82, 2.24) is 0 Å². The second-order valence-electron chi connectivity index (χ2n) is 8.19. The molecule has 0 fully saturated rings. The van der Waals surface area contributed by atoms with Gasteiger partial charge in [-0.05, 0) is 27.7 Å². The van der Waals surface area contributed by atoms with Crippen molar-refractivity contribution in [2.45, 2.75) is 45.6 Å². The van der Waals surface area contributed by atoms with Crippen LogP contribution in [0.5, 0.6) is 17.2 Å². The van der Waals surface area contributed by atoms with Gasteiger partial charge < -0.3 is 25.8 Å². The van der Waals surface area contributed by atoms with Gasteiger partial charge in [-0.15, -0.1) is 0 Å². The number of primary amides is 1. The Morgan fingerprint density at radius 1 is 1.21 bits per heavy atom. The summed E-state index contributed by atoms with van der Waals surface area (Å²) in [6, 6.07) is -1.59. The molecule has 0 saturated carbocycles. The van der Waals surface area contributed by atoms with E-state index in [1.165, 1.54) is 27.7 Å². The van der Waals surface area contributed by atoms with Crippen molar-refractivity contribution >= 4 is 34.9 Å². The summed E-state index contributed by atoms with van der Waals surface area (Å²) < 4.78 is 5.65. The Morgan fingerprint density at radius 2 is 1.82 bits per heavy atom. The molecular weight excluding hydrogens is 436 g/mol. The largest absolute Gasteiger partial charge is 0.507 e. The SMILES string of the molecule is CC(=O)c1c(O)c(C)c(O)c2c1OC1=CC(=O)C(C(C)=NC(CC(N)=O)C(=O)O)C(=O)[C@@]12C. The van der Waals surface area contributed by atoms with Crippen LogP contribution in [-0.2, 0) is 24.6 Å². The summed E-state index contributed by atoms with van der Waals surface area (Å²) in [6.45, 7) is 5.19. The molecule has 1 aromatic carbocycles. The van der Waals surface area contributed by atoms with E-state index in [1.54, 1.807) is 0 Å². The number of benzene rings is 1. The minimum absolute atomic E-state index is 0.0518. The van der Waals surface area contributed by atoms with Crippen molar-refractivity contribution in [2.24, 2.45) is 16.6 Å². The highest BCUT2D eigenvalue weighted by atomic mass is 16.5. The van der Waals surface area contributed by atoms with Crippen LogP contribution in [0.2, 0.25) is 0 Å². The first-order valence-corrected chi connectivity index (χ1v) is 9.86. The topological polar surface area (TPSA) is 194 Å². The lowest BCUT2D eigenvalue weighted by atomic mass is 9.67. The van der Waals surface area contributed by atoms with Gasteiger partial charge in [-0.3, -0.25) is 24.2 Å². The Kier molecular flexibility index (Phi) is 5.61. The molecule has 1 aliphatic carbocycles. The molecule has 174 valence electrons. The minimum Gasteiger partial charge on any atom is -0.507 e. The Morgan fingerprint density at radius 3 is 2.33 bits per heavy atom. The fourth-order valence-electron chi connectivity index (χ4n) is 4.20. The van der Waals surface area contributed by atoms with Gasteiger partial charge in [0, 0.05) is 17.4 Å². The number of phenols is 2. The molecule has 1 heterocycles. The molecule has 3 rings (SSSR count). The van der Waals surface area contributed by atoms with Crippen molar-refractivity contribution in [3.05, 3.63) is 28.5 Å². The molecule has 0 bridgehead atoms. The molecule has 2 aliphatic rings. The molecule has 3 atom stereocenters. The first kappa shape index (κ1) is 23.6. The van der Waals surface area contributed by atoms with Gasteiger partial charge >= 0.3 is 5.97 Å². The van der Waals surface area contributed by atoms with Gasteiger partial charge in [-0.25, -0.2) is 4.79 Å². The Hall–Kier alpha value is -4.02. The molecular formula is C22H22N2O9. The van der Waals surface area contributed by atoms with Crippen molar-refractivity contribution in [2.75, 3.05) is 0 Å². The van der Waals surface area contributed by atoms with E-state index in [-0.39, 0.29) is 33.9 Å². The van der Waals surface area contributed by atoms with Gasteiger partial charge in [-0.2, -0.15) is 0 Å². The molecule has 0 spiro atoms. The monoisotopic (exact) mass is 458 g/mol. The van der Waals surface area contributed by atoms with Crippen molar-refractivity contribution in [1.29, 1.82) is 0 Å². The number of ketones is 3. The van der Waals surface area contributed by atoms with Crippen LogP contribution < -0.4 is 10.5 Å². The number of aliphatic imine (C=N–C) groups is 1. The normalized spacial score (nSPS) is 22.7. The van der Waals surface area contributed by atoms with Crippen LogP contribution in [0.1, 0.15) is 48.7 Å². The number of carboxylic acids is 1. The zero-order valence-corrected chi connectivity index (χ0v) is 18.3. The third kappa shape index (κ3) is 3.45. The second kappa shape index (κ2) is 7.84. The summed E-state index contributed by atoms with van der Waals surface area (Å²) >= 11 is 0. The number of nitrogens with two attached hydrogens (primary N) is 1. The van der Waals surface area contributed by atoms with Crippen molar-refractivity contribution < 1.29 is 44.0 Å². The molecule has 1 aromatic rings. The van der Waals surface area contributed by atoms with E-state index in [9.17, 15) is 39.3 Å². The Balaban J connectivity index is 2.20. The maximum atomic E-state index is 13.6. The Labute approximate surface area is 187 Å². The van der Waals surface area contributed by atoms with Gasteiger partial charge in [0.05, 0.1) is 12.0 Å². The highest BCUT2D eigenvalue weighted by Crippen LogP contribution is 2.57. The number of carbonyl (C=O) groups is 5. The van der Waals surface area contributed by atoms with Crippen LogP contribution in [0.4, 0.5) is 0 Å². The lowest BCUT2D eigenvalue weighted by Gasteiger charge is -2.31. The van der Waals surface area contributed by atoms with Gasteiger partial charge in [0.2, 0.25) is 5.91 Å². The number of carbonyl (C=O) groups excluding carboxylic acids is 4. The van der Waals surface area contributed by atoms with Crippen LogP contribution in [0.25, 0.3) is 0 Å². The number of hydrogen-bond acceptors (Lipinski definition) is 9. The van der Waals surface area contributed by atoms with E-state index in [1.807, 2.05) is 0 Å².